The van der Waals surface area contributed by atoms with Crippen molar-refractivity contribution >= 4 is 34.0 Å². The Morgan fingerprint density at radius 2 is 2.08 bits per heavy atom. The number of aliphatic hydroxyl groups excluding tert-OH is 2. The second kappa shape index (κ2) is 9.44. The predicted molar refractivity (Wildman–Crippen MR) is 102 cm³/mol. The lowest BCUT2D eigenvalue weighted by Gasteiger charge is -2.42. The van der Waals surface area contributed by atoms with Gasteiger partial charge in [0.25, 0.3) is 5.69 Å². The minimum atomic E-state index is -0.990. The molecule has 7 nitrogen and oxygen atoms in total. The topological polar surface area (TPSA) is 90.1 Å². The fourth-order valence-corrected chi connectivity index (χ4v) is 3.90. The Labute approximate surface area is 156 Å². The molecule has 2 rings (SSSR count). The SMILES string of the molecule is CCCCN1CSC(=S)N([C@H](CO)C(O)c2ccc([N+](=O)[O-])cc2)C1. The number of thioether (sulfide) groups is 1. The number of benzene rings is 1. The summed E-state index contributed by atoms with van der Waals surface area (Å²) >= 11 is 6.93. The smallest absolute Gasteiger partial charge is 0.269 e. The fraction of sp³-hybridized carbons (Fsp3) is 0.562. The molecule has 1 heterocycles. The molecule has 9 heteroatoms. The summed E-state index contributed by atoms with van der Waals surface area (Å²) in [6.45, 7) is 3.37. The van der Waals surface area contributed by atoms with Crippen molar-refractivity contribution in [1.82, 2.24) is 9.80 Å². The largest absolute Gasteiger partial charge is 0.394 e. The molecule has 1 aromatic carbocycles. The van der Waals surface area contributed by atoms with Crippen molar-refractivity contribution in [2.24, 2.45) is 0 Å². The van der Waals surface area contributed by atoms with Crippen LogP contribution in [0.1, 0.15) is 31.4 Å². The van der Waals surface area contributed by atoms with E-state index in [2.05, 4.69) is 11.8 Å². The second-order valence-electron chi connectivity index (χ2n) is 5.94. The lowest BCUT2D eigenvalue weighted by Crippen LogP contribution is -2.53. The van der Waals surface area contributed by atoms with Crippen molar-refractivity contribution in [3.63, 3.8) is 0 Å². The van der Waals surface area contributed by atoms with Crippen LogP contribution in [-0.4, -0.2) is 61.0 Å². The van der Waals surface area contributed by atoms with Crippen LogP contribution in [0.5, 0.6) is 0 Å². The zero-order valence-electron chi connectivity index (χ0n) is 14.1. The number of aliphatic hydroxyl groups is 2. The van der Waals surface area contributed by atoms with E-state index in [0.29, 0.717) is 16.6 Å². The summed E-state index contributed by atoms with van der Waals surface area (Å²) in [5, 5.41) is 31.3. The Morgan fingerprint density at radius 1 is 1.40 bits per heavy atom. The number of hydrogen-bond acceptors (Lipinski definition) is 7. The molecule has 1 aliphatic rings. The van der Waals surface area contributed by atoms with Crippen LogP contribution in [0.3, 0.4) is 0 Å². The average molecular weight is 386 g/mol. The van der Waals surface area contributed by atoms with E-state index in [4.69, 9.17) is 12.2 Å². The Morgan fingerprint density at radius 3 is 2.64 bits per heavy atom. The van der Waals surface area contributed by atoms with Gasteiger partial charge in [0.1, 0.15) is 10.4 Å². The van der Waals surface area contributed by atoms with Crippen molar-refractivity contribution in [3.8, 4) is 0 Å². The number of hydrogen-bond donors (Lipinski definition) is 2. The molecule has 0 radical (unpaired) electrons. The van der Waals surface area contributed by atoms with E-state index in [1.807, 2.05) is 4.90 Å². The summed E-state index contributed by atoms with van der Waals surface area (Å²) in [7, 11) is 0. The molecule has 1 unspecified atom stereocenters. The van der Waals surface area contributed by atoms with Crippen molar-refractivity contribution in [2.45, 2.75) is 31.9 Å². The lowest BCUT2D eigenvalue weighted by molar-refractivity contribution is -0.384. The number of rotatable bonds is 8. The highest BCUT2D eigenvalue weighted by atomic mass is 32.2. The molecule has 0 amide bonds. The van der Waals surface area contributed by atoms with E-state index < -0.39 is 17.1 Å². The van der Waals surface area contributed by atoms with Crippen LogP contribution >= 0.6 is 24.0 Å². The predicted octanol–water partition coefficient (Wildman–Crippen LogP) is 2.34. The van der Waals surface area contributed by atoms with Gasteiger partial charge in [-0.1, -0.05) is 37.3 Å². The number of nitrogens with zero attached hydrogens (tertiary/aromatic N) is 3. The molecule has 0 bridgehead atoms. The third-order valence-corrected chi connectivity index (χ3v) is 5.75. The standard InChI is InChI=1S/C16H23N3O4S2/c1-2-3-8-17-10-18(16(24)25-11-17)14(9-20)15(21)12-4-6-13(7-5-12)19(22)23/h4-7,14-15,20-21H,2-3,8-11H2,1H3/t14-,15?/m1/s1. The Hall–Kier alpha value is -1.26. The summed E-state index contributed by atoms with van der Waals surface area (Å²) in [4.78, 5) is 14.3. The summed E-state index contributed by atoms with van der Waals surface area (Å²) in [6.07, 6.45) is 1.19. The van der Waals surface area contributed by atoms with Crippen molar-refractivity contribution < 1.29 is 15.1 Å². The molecule has 1 fully saturated rings. The molecule has 1 aliphatic heterocycles. The van der Waals surface area contributed by atoms with Gasteiger partial charge >= 0.3 is 0 Å². The molecule has 0 aromatic heterocycles. The molecule has 0 spiro atoms. The highest BCUT2D eigenvalue weighted by molar-refractivity contribution is 8.22. The molecule has 25 heavy (non-hydrogen) atoms. The van der Waals surface area contributed by atoms with Crippen LogP contribution in [0.2, 0.25) is 0 Å². The van der Waals surface area contributed by atoms with Gasteiger partial charge in [0, 0.05) is 18.7 Å². The number of non-ortho nitro benzene ring substituents is 1. The lowest BCUT2D eigenvalue weighted by atomic mass is 10.0. The number of unbranched alkanes of at least 4 members (excludes halogenated alkanes) is 1. The van der Waals surface area contributed by atoms with E-state index in [9.17, 15) is 20.3 Å². The molecular weight excluding hydrogens is 362 g/mol. The monoisotopic (exact) mass is 385 g/mol. The molecule has 2 atom stereocenters. The summed E-state index contributed by atoms with van der Waals surface area (Å²) in [5.41, 5.74) is 0.481. The van der Waals surface area contributed by atoms with E-state index in [1.165, 1.54) is 36.0 Å². The second-order valence-corrected chi connectivity index (χ2v) is 7.52. The van der Waals surface area contributed by atoms with Crippen molar-refractivity contribution in [2.75, 3.05) is 25.7 Å². The fourth-order valence-electron chi connectivity index (χ4n) is 2.68. The highest BCUT2D eigenvalue weighted by Crippen LogP contribution is 2.28. The van der Waals surface area contributed by atoms with E-state index in [-0.39, 0.29) is 12.3 Å². The minimum Gasteiger partial charge on any atom is -0.394 e. The third-order valence-electron chi connectivity index (χ3n) is 4.18. The van der Waals surface area contributed by atoms with Gasteiger partial charge in [-0.2, -0.15) is 0 Å². The highest BCUT2D eigenvalue weighted by Gasteiger charge is 2.32. The van der Waals surface area contributed by atoms with E-state index in [0.717, 1.165) is 25.3 Å². The van der Waals surface area contributed by atoms with Gasteiger partial charge in [-0.3, -0.25) is 15.0 Å². The van der Waals surface area contributed by atoms with Gasteiger partial charge in [0.2, 0.25) is 0 Å². The van der Waals surface area contributed by atoms with Gasteiger partial charge in [0.15, 0.2) is 0 Å². The van der Waals surface area contributed by atoms with Gasteiger partial charge in [-0.15, -0.1) is 0 Å². The van der Waals surface area contributed by atoms with Crippen molar-refractivity contribution in [1.29, 1.82) is 0 Å². The first-order chi connectivity index (χ1) is 12.0. The summed E-state index contributed by atoms with van der Waals surface area (Å²) in [5.74, 6) is 0.807. The van der Waals surface area contributed by atoms with Gasteiger partial charge in [-0.05, 0) is 24.1 Å². The maximum absolute atomic E-state index is 10.8. The molecule has 1 saturated heterocycles. The maximum Gasteiger partial charge on any atom is 0.269 e. The van der Waals surface area contributed by atoms with Gasteiger partial charge in [-0.25, -0.2) is 0 Å². The normalized spacial score (nSPS) is 18.2. The Bertz CT molecular complexity index is 600. The molecule has 1 aromatic rings. The van der Waals surface area contributed by atoms with Gasteiger partial charge in [0.05, 0.1) is 30.1 Å². The van der Waals surface area contributed by atoms with Gasteiger partial charge < -0.3 is 15.1 Å². The zero-order valence-corrected chi connectivity index (χ0v) is 15.7. The zero-order chi connectivity index (χ0) is 18.4. The van der Waals surface area contributed by atoms with Crippen molar-refractivity contribution in [3.05, 3.63) is 39.9 Å². The third kappa shape index (κ3) is 5.11. The van der Waals surface area contributed by atoms with Crippen LogP contribution in [-0.2, 0) is 0 Å². The molecule has 2 N–H and O–H groups in total. The number of nitro groups is 1. The molecule has 138 valence electrons. The van der Waals surface area contributed by atoms with Crippen LogP contribution in [0.15, 0.2) is 24.3 Å². The first kappa shape index (κ1) is 20.1. The Kier molecular flexibility index (Phi) is 7.57. The van der Waals surface area contributed by atoms with Crippen LogP contribution in [0.4, 0.5) is 5.69 Å². The average Bonchev–Trinajstić information content (AvgIpc) is 2.62. The van der Waals surface area contributed by atoms with Crippen LogP contribution < -0.4 is 0 Å². The summed E-state index contributed by atoms with van der Waals surface area (Å²) in [6, 6.07) is 5.14. The van der Waals surface area contributed by atoms with E-state index in [1.54, 1.807) is 0 Å². The molecule has 0 aliphatic carbocycles. The number of thiocarbonyl (C=S) groups is 1. The number of nitro benzene ring substituents is 1. The quantitative estimate of drug-likeness (QED) is 0.400. The Balaban J connectivity index is 2.12. The first-order valence-electron chi connectivity index (χ1n) is 8.17. The van der Waals surface area contributed by atoms with E-state index >= 15 is 0 Å². The summed E-state index contributed by atoms with van der Waals surface area (Å²) < 4.78 is 0.646. The van der Waals surface area contributed by atoms with Crippen LogP contribution in [0.25, 0.3) is 0 Å². The minimum absolute atomic E-state index is 0.0358. The molecule has 0 saturated carbocycles. The molecular formula is C16H23N3O4S2. The van der Waals surface area contributed by atoms with Crippen LogP contribution in [0, 0.1) is 10.1 Å². The maximum atomic E-state index is 10.8. The first-order valence-corrected chi connectivity index (χ1v) is 9.56.